The number of rotatable bonds is 6. The number of carbonyl (C=O) groups excluding carboxylic acids is 1. The Bertz CT molecular complexity index is 1140. The van der Waals surface area contributed by atoms with Gasteiger partial charge in [-0.25, -0.2) is 0 Å². The van der Waals surface area contributed by atoms with Gasteiger partial charge in [0.05, 0.1) is 5.39 Å². The molecule has 160 valence electrons. The Hall–Kier alpha value is -2.89. The van der Waals surface area contributed by atoms with E-state index >= 15 is 0 Å². The summed E-state index contributed by atoms with van der Waals surface area (Å²) in [6.45, 7) is 13.5. The van der Waals surface area contributed by atoms with E-state index < -0.39 is 0 Å². The third kappa shape index (κ3) is 3.66. The molecule has 2 aromatic heterocycles. The molecule has 0 atom stereocenters. The SMILES string of the molecule is CCCN(CCC)c1nc2c(c(-c3c(C)cc(C)cc3C)cn2C(C)=O)c(=O)n1C. The molecule has 30 heavy (non-hydrogen) atoms. The van der Waals surface area contributed by atoms with E-state index in [-0.39, 0.29) is 11.5 Å². The summed E-state index contributed by atoms with van der Waals surface area (Å²) in [5.74, 6) is 0.457. The van der Waals surface area contributed by atoms with Crippen LogP contribution < -0.4 is 10.5 Å². The van der Waals surface area contributed by atoms with E-state index in [2.05, 4.69) is 37.8 Å². The average molecular weight is 409 g/mol. The summed E-state index contributed by atoms with van der Waals surface area (Å²) in [4.78, 5) is 33.0. The molecular formula is C24H32N4O2. The van der Waals surface area contributed by atoms with Crippen LogP contribution in [0, 0.1) is 20.8 Å². The zero-order chi connectivity index (χ0) is 22.2. The van der Waals surface area contributed by atoms with Crippen LogP contribution in [0.4, 0.5) is 5.95 Å². The van der Waals surface area contributed by atoms with Crippen LogP contribution in [-0.2, 0) is 7.05 Å². The van der Waals surface area contributed by atoms with Gasteiger partial charge >= 0.3 is 0 Å². The van der Waals surface area contributed by atoms with Crippen molar-refractivity contribution in [3.63, 3.8) is 0 Å². The second-order valence-electron chi connectivity index (χ2n) is 8.17. The van der Waals surface area contributed by atoms with Crippen LogP contribution in [0.5, 0.6) is 0 Å². The first-order valence-electron chi connectivity index (χ1n) is 10.7. The highest BCUT2D eigenvalue weighted by Crippen LogP contribution is 2.34. The highest BCUT2D eigenvalue weighted by atomic mass is 16.2. The smallest absolute Gasteiger partial charge is 0.264 e. The van der Waals surface area contributed by atoms with Gasteiger partial charge in [-0.15, -0.1) is 0 Å². The highest BCUT2D eigenvalue weighted by Gasteiger charge is 2.23. The zero-order valence-corrected chi connectivity index (χ0v) is 19.2. The maximum absolute atomic E-state index is 13.6. The standard InChI is InChI=1S/C24H32N4O2/c1-8-10-27(11-9-2)24-25-22-21(23(30)26(24)7)19(14-28(22)18(6)29)20-16(4)12-15(3)13-17(20)5/h12-14H,8-11H2,1-7H3. The molecule has 0 aliphatic heterocycles. The molecule has 0 saturated heterocycles. The summed E-state index contributed by atoms with van der Waals surface area (Å²) in [6, 6.07) is 4.21. The van der Waals surface area contributed by atoms with Crippen LogP contribution in [0.3, 0.4) is 0 Å². The van der Waals surface area contributed by atoms with E-state index in [4.69, 9.17) is 4.98 Å². The summed E-state index contributed by atoms with van der Waals surface area (Å²) in [5, 5.41) is 0.499. The lowest BCUT2D eigenvalue weighted by Gasteiger charge is -2.24. The number of benzene rings is 1. The Morgan fingerprint density at radius 1 is 1.07 bits per heavy atom. The number of carbonyl (C=O) groups is 1. The lowest BCUT2D eigenvalue weighted by Crippen LogP contribution is -2.33. The van der Waals surface area contributed by atoms with Gasteiger partial charge in [-0.05, 0) is 50.3 Å². The van der Waals surface area contributed by atoms with Crippen LogP contribution in [0.15, 0.2) is 23.1 Å². The summed E-state index contributed by atoms with van der Waals surface area (Å²) in [7, 11) is 1.77. The Kier molecular flexibility index (Phi) is 6.15. The molecule has 0 amide bonds. The molecular weight excluding hydrogens is 376 g/mol. The van der Waals surface area contributed by atoms with E-state index in [0.29, 0.717) is 17.0 Å². The minimum atomic E-state index is -0.155. The molecule has 1 aromatic carbocycles. The Balaban J connectivity index is 2.40. The minimum absolute atomic E-state index is 0.124. The molecule has 0 radical (unpaired) electrons. The molecule has 0 N–H and O–H groups in total. The number of nitrogens with zero attached hydrogens (tertiary/aromatic N) is 4. The van der Waals surface area contributed by atoms with Gasteiger partial charge in [0.25, 0.3) is 5.56 Å². The highest BCUT2D eigenvalue weighted by molar-refractivity contribution is 6.00. The van der Waals surface area contributed by atoms with Crippen molar-refractivity contribution < 1.29 is 4.79 Å². The maximum Gasteiger partial charge on any atom is 0.264 e. The van der Waals surface area contributed by atoms with Crippen LogP contribution in [0.2, 0.25) is 0 Å². The normalized spacial score (nSPS) is 11.3. The van der Waals surface area contributed by atoms with Crippen molar-refractivity contribution in [1.82, 2.24) is 14.1 Å². The second-order valence-corrected chi connectivity index (χ2v) is 8.17. The predicted octanol–water partition coefficient (Wildman–Crippen LogP) is 4.61. The van der Waals surface area contributed by atoms with Crippen molar-refractivity contribution in [2.45, 2.75) is 54.4 Å². The Morgan fingerprint density at radius 2 is 1.63 bits per heavy atom. The molecule has 2 heterocycles. The molecule has 0 unspecified atom stereocenters. The number of anilines is 1. The molecule has 0 bridgehead atoms. The molecule has 0 aliphatic rings. The van der Waals surface area contributed by atoms with Crippen LogP contribution in [-0.4, -0.2) is 33.1 Å². The third-order valence-electron chi connectivity index (χ3n) is 5.56. The van der Waals surface area contributed by atoms with Crippen molar-refractivity contribution in [2.75, 3.05) is 18.0 Å². The van der Waals surface area contributed by atoms with Gasteiger partial charge in [-0.3, -0.25) is 18.7 Å². The molecule has 0 fully saturated rings. The van der Waals surface area contributed by atoms with Crippen molar-refractivity contribution in [1.29, 1.82) is 0 Å². The summed E-state index contributed by atoms with van der Waals surface area (Å²) in [6.07, 6.45) is 3.68. The Labute approximate surface area is 178 Å². The van der Waals surface area contributed by atoms with Crippen molar-refractivity contribution in [3.8, 4) is 11.1 Å². The number of aromatic nitrogens is 3. The van der Waals surface area contributed by atoms with Crippen LogP contribution in [0.1, 0.15) is 55.1 Å². The topological polar surface area (TPSA) is 60.1 Å². The van der Waals surface area contributed by atoms with Gasteiger partial charge in [-0.1, -0.05) is 31.5 Å². The van der Waals surface area contributed by atoms with Gasteiger partial charge in [0.1, 0.15) is 0 Å². The first-order valence-corrected chi connectivity index (χ1v) is 10.7. The largest absolute Gasteiger partial charge is 0.342 e. The van der Waals surface area contributed by atoms with Crippen molar-refractivity contribution in [3.05, 3.63) is 45.4 Å². The van der Waals surface area contributed by atoms with E-state index in [9.17, 15) is 9.59 Å². The summed E-state index contributed by atoms with van der Waals surface area (Å²) < 4.78 is 3.14. The minimum Gasteiger partial charge on any atom is -0.342 e. The van der Waals surface area contributed by atoms with Gasteiger partial charge < -0.3 is 4.90 Å². The van der Waals surface area contributed by atoms with Gasteiger partial charge in [0.15, 0.2) is 5.65 Å². The lowest BCUT2D eigenvalue weighted by atomic mass is 9.94. The molecule has 0 aliphatic carbocycles. The molecule has 3 rings (SSSR count). The quantitative estimate of drug-likeness (QED) is 0.597. The summed E-state index contributed by atoms with van der Waals surface area (Å²) in [5.41, 5.74) is 5.42. The predicted molar refractivity (Wildman–Crippen MR) is 124 cm³/mol. The van der Waals surface area contributed by atoms with Gasteiger partial charge in [-0.2, -0.15) is 4.98 Å². The maximum atomic E-state index is 13.6. The fraction of sp³-hybridized carbons (Fsp3) is 0.458. The average Bonchev–Trinajstić information content (AvgIpc) is 3.03. The second kappa shape index (κ2) is 8.46. The van der Waals surface area contributed by atoms with Gasteiger partial charge in [0.2, 0.25) is 11.9 Å². The zero-order valence-electron chi connectivity index (χ0n) is 19.2. The van der Waals surface area contributed by atoms with Crippen LogP contribution in [0.25, 0.3) is 22.2 Å². The van der Waals surface area contributed by atoms with Crippen LogP contribution >= 0.6 is 0 Å². The molecule has 0 spiro atoms. The first-order chi connectivity index (χ1) is 14.2. The fourth-order valence-electron chi connectivity index (χ4n) is 4.41. The lowest BCUT2D eigenvalue weighted by molar-refractivity contribution is 0.0941. The third-order valence-corrected chi connectivity index (χ3v) is 5.56. The molecule has 0 saturated carbocycles. The van der Waals surface area contributed by atoms with E-state index in [0.717, 1.165) is 48.2 Å². The first kappa shape index (κ1) is 21.8. The molecule has 6 heteroatoms. The molecule has 3 aromatic rings. The molecule has 6 nitrogen and oxygen atoms in total. The number of hydrogen-bond acceptors (Lipinski definition) is 4. The van der Waals surface area contributed by atoms with Crippen molar-refractivity contribution >= 4 is 22.9 Å². The van der Waals surface area contributed by atoms with E-state index in [1.165, 1.54) is 17.1 Å². The fourth-order valence-corrected chi connectivity index (χ4v) is 4.41. The number of aryl methyl sites for hydroxylation is 3. The monoisotopic (exact) mass is 408 g/mol. The van der Waals surface area contributed by atoms with Gasteiger partial charge in [0, 0.05) is 38.8 Å². The number of fused-ring (bicyclic) bond motifs is 1. The van der Waals surface area contributed by atoms with E-state index in [1.807, 2.05) is 13.8 Å². The summed E-state index contributed by atoms with van der Waals surface area (Å²) >= 11 is 0. The number of hydrogen-bond donors (Lipinski definition) is 0. The van der Waals surface area contributed by atoms with E-state index in [1.54, 1.807) is 17.8 Å². The Morgan fingerprint density at radius 3 is 2.13 bits per heavy atom. The van der Waals surface area contributed by atoms with Crippen molar-refractivity contribution in [2.24, 2.45) is 7.05 Å².